The van der Waals surface area contributed by atoms with Crippen LogP contribution in [0.5, 0.6) is 5.75 Å². The van der Waals surface area contributed by atoms with Gasteiger partial charge in [0.05, 0.1) is 19.9 Å². The lowest BCUT2D eigenvalue weighted by Crippen LogP contribution is -2.34. The van der Waals surface area contributed by atoms with Crippen LogP contribution in [0.1, 0.15) is 6.23 Å². The lowest BCUT2D eigenvalue weighted by molar-refractivity contribution is -0.0518. The van der Waals surface area contributed by atoms with E-state index in [1.165, 1.54) is 7.11 Å². The van der Waals surface area contributed by atoms with Crippen molar-refractivity contribution < 1.29 is 38.6 Å². The van der Waals surface area contributed by atoms with Crippen molar-refractivity contribution in [2.24, 2.45) is 0 Å². The highest BCUT2D eigenvalue weighted by molar-refractivity contribution is 7.46. The summed E-state index contributed by atoms with van der Waals surface area (Å²) in [6, 6.07) is 0. The minimum absolute atomic E-state index is 0.167. The van der Waals surface area contributed by atoms with Gasteiger partial charge in [-0.15, -0.1) is 0 Å². The third-order valence-electron chi connectivity index (χ3n) is 3.19. The first-order valence-corrected chi connectivity index (χ1v) is 7.81. The van der Waals surface area contributed by atoms with E-state index in [0.29, 0.717) is 0 Å². The van der Waals surface area contributed by atoms with Gasteiger partial charge in [-0.2, -0.15) is 4.98 Å². The molecule has 23 heavy (non-hydrogen) atoms. The molecular weight excluding hydrogens is 337 g/mol. The monoisotopic (exact) mass is 353 g/mol. The largest absolute Gasteiger partial charge is 0.490 e. The molecule has 0 amide bonds. The number of anilines is 1. The minimum atomic E-state index is -4.76. The highest BCUT2D eigenvalue weighted by Crippen LogP contribution is 2.38. The first kappa shape index (κ1) is 17.8. The van der Waals surface area contributed by atoms with E-state index in [9.17, 15) is 19.6 Å². The van der Waals surface area contributed by atoms with Crippen molar-refractivity contribution in [1.29, 1.82) is 0 Å². The maximum Gasteiger partial charge on any atom is 0.469 e. The average Bonchev–Trinajstić information content (AvgIpc) is 2.73. The van der Waals surface area contributed by atoms with Gasteiger partial charge in [-0.05, 0) is 0 Å². The summed E-state index contributed by atoms with van der Waals surface area (Å²) in [6.45, 7) is -0.663. The van der Waals surface area contributed by atoms with Crippen LogP contribution in [-0.2, 0) is 13.8 Å². The molecule has 0 bridgehead atoms. The smallest absolute Gasteiger partial charge is 0.469 e. The SMILES string of the molecule is COc1cn([C@@H]2O[C@H](COP(=O)(O)O)[C@@H](O)[C@H]2O)c(N)nc1=O. The molecule has 0 aliphatic carbocycles. The summed E-state index contributed by atoms with van der Waals surface area (Å²) in [6.07, 6.45) is -4.35. The van der Waals surface area contributed by atoms with Gasteiger partial charge in [-0.25, -0.2) is 4.57 Å². The second kappa shape index (κ2) is 6.53. The number of hydrogen-bond acceptors (Lipinski definition) is 9. The topological polar surface area (TPSA) is 187 Å². The molecule has 1 aliphatic rings. The van der Waals surface area contributed by atoms with Crippen LogP contribution in [0.25, 0.3) is 0 Å². The number of rotatable bonds is 5. The Morgan fingerprint density at radius 3 is 2.65 bits per heavy atom. The third kappa shape index (κ3) is 3.87. The molecule has 0 aromatic carbocycles. The Morgan fingerprint density at radius 2 is 2.09 bits per heavy atom. The summed E-state index contributed by atoms with van der Waals surface area (Å²) < 4.78 is 26.1. The van der Waals surface area contributed by atoms with Crippen LogP contribution in [0.2, 0.25) is 0 Å². The van der Waals surface area contributed by atoms with E-state index in [2.05, 4.69) is 9.51 Å². The van der Waals surface area contributed by atoms with Gasteiger partial charge in [-0.3, -0.25) is 13.9 Å². The number of ether oxygens (including phenoxy) is 2. The highest BCUT2D eigenvalue weighted by Gasteiger charge is 2.45. The number of nitrogen functional groups attached to an aromatic ring is 1. The molecule has 0 radical (unpaired) electrons. The van der Waals surface area contributed by atoms with Crippen molar-refractivity contribution in [2.75, 3.05) is 19.5 Å². The molecule has 2 heterocycles. The van der Waals surface area contributed by atoms with Crippen LogP contribution in [0.3, 0.4) is 0 Å². The number of phosphoric ester groups is 1. The second-order valence-electron chi connectivity index (χ2n) is 4.71. The van der Waals surface area contributed by atoms with Crippen LogP contribution >= 0.6 is 7.82 Å². The van der Waals surface area contributed by atoms with Gasteiger partial charge >= 0.3 is 13.4 Å². The molecule has 1 aromatic heterocycles. The van der Waals surface area contributed by atoms with E-state index >= 15 is 0 Å². The molecule has 130 valence electrons. The van der Waals surface area contributed by atoms with Crippen LogP contribution in [-0.4, -0.2) is 61.6 Å². The van der Waals surface area contributed by atoms with E-state index in [-0.39, 0.29) is 11.7 Å². The fourth-order valence-corrected chi connectivity index (χ4v) is 2.42. The number of aliphatic hydroxyl groups is 2. The zero-order valence-corrected chi connectivity index (χ0v) is 12.7. The van der Waals surface area contributed by atoms with Gasteiger partial charge in [0.2, 0.25) is 11.7 Å². The molecule has 13 heteroatoms. The van der Waals surface area contributed by atoms with Crippen LogP contribution in [0, 0.1) is 0 Å². The Morgan fingerprint density at radius 1 is 1.43 bits per heavy atom. The number of phosphoric acid groups is 1. The highest BCUT2D eigenvalue weighted by atomic mass is 31.2. The molecule has 0 saturated carbocycles. The second-order valence-corrected chi connectivity index (χ2v) is 5.95. The molecule has 12 nitrogen and oxygen atoms in total. The number of aromatic nitrogens is 2. The molecule has 0 unspecified atom stereocenters. The Hall–Kier alpha value is -1.53. The average molecular weight is 353 g/mol. The van der Waals surface area contributed by atoms with Crippen molar-refractivity contribution in [3.63, 3.8) is 0 Å². The quantitative estimate of drug-likeness (QED) is 0.354. The standard InChI is InChI=1S/C10H16N3O9P/c1-20-4-2-13(10(11)12-8(4)16)9-7(15)6(14)5(22-9)3-21-23(17,18)19/h2,5-7,9,14-15H,3H2,1H3,(H2,11,12,16)(H2,17,18,19)/t5-,6-,7-,9-/m1/s1. The molecule has 1 fully saturated rings. The van der Waals surface area contributed by atoms with E-state index in [1.54, 1.807) is 0 Å². The van der Waals surface area contributed by atoms with Gasteiger partial charge in [0.1, 0.15) is 18.3 Å². The van der Waals surface area contributed by atoms with E-state index in [4.69, 9.17) is 25.0 Å². The van der Waals surface area contributed by atoms with E-state index in [1.807, 2.05) is 0 Å². The van der Waals surface area contributed by atoms with Gasteiger partial charge in [0.15, 0.2) is 6.23 Å². The molecule has 0 spiro atoms. The lowest BCUT2D eigenvalue weighted by Gasteiger charge is -2.20. The normalized spacial score (nSPS) is 28.0. The van der Waals surface area contributed by atoms with Crippen LogP contribution in [0.4, 0.5) is 5.95 Å². The first-order chi connectivity index (χ1) is 10.6. The number of hydrogen-bond donors (Lipinski definition) is 5. The maximum atomic E-state index is 11.5. The first-order valence-electron chi connectivity index (χ1n) is 6.28. The minimum Gasteiger partial charge on any atom is -0.490 e. The van der Waals surface area contributed by atoms with E-state index in [0.717, 1.165) is 10.8 Å². The predicted molar refractivity (Wildman–Crippen MR) is 73.4 cm³/mol. The van der Waals surface area contributed by atoms with Crippen molar-refractivity contribution in [3.05, 3.63) is 16.6 Å². The summed E-state index contributed by atoms with van der Waals surface area (Å²) in [5.41, 5.74) is 4.86. The predicted octanol–water partition coefficient (Wildman–Crippen LogP) is -2.44. The molecule has 2 rings (SSSR count). The van der Waals surface area contributed by atoms with Crippen molar-refractivity contribution in [1.82, 2.24) is 9.55 Å². The van der Waals surface area contributed by atoms with Crippen molar-refractivity contribution in [3.8, 4) is 5.75 Å². The number of nitrogens with zero attached hydrogens (tertiary/aromatic N) is 2. The zero-order valence-electron chi connectivity index (χ0n) is 11.8. The maximum absolute atomic E-state index is 11.5. The summed E-state index contributed by atoms with van der Waals surface area (Å²) in [7, 11) is -3.53. The molecule has 1 saturated heterocycles. The Labute approximate surface area is 129 Å². The summed E-state index contributed by atoms with van der Waals surface area (Å²) in [5, 5.41) is 19.9. The summed E-state index contributed by atoms with van der Waals surface area (Å²) in [5.74, 6) is -0.469. The van der Waals surface area contributed by atoms with Gasteiger partial charge in [-0.1, -0.05) is 0 Å². The number of methoxy groups -OCH3 is 1. The number of nitrogens with two attached hydrogens (primary N) is 1. The van der Waals surface area contributed by atoms with Gasteiger partial charge in [0, 0.05) is 0 Å². The van der Waals surface area contributed by atoms with Gasteiger partial charge in [0.25, 0.3) is 0 Å². The number of aliphatic hydroxyl groups excluding tert-OH is 2. The molecule has 1 aromatic rings. The molecule has 1 aliphatic heterocycles. The fourth-order valence-electron chi connectivity index (χ4n) is 2.08. The van der Waals surface area contributed by atoms with Gasteiger partial charge < -0.3 is 35.2 Å². The Balaban J connectivity index is 2.24. The Kier molecular flexibility index (Phi) is 5.06. The van der Waals surface area contributed by atoms with Crippen molar-refractivity contribution in [2.45, 2.75) is 24.5 Å². The molecular formula is C10H16N3O9P. The third-order valence-corrected chi connectivity index (χ3v) is 3.67. The Bertz CT molecular complexity index is 674. The zero-order chi connectivity index (χ0) is 17.4. The van der Waals surface area contributed by atoms with Crippen LogP contribution < -0.4 is 16.0 Å². The fraction of sp³-hybridized carbons (Fsp3) is 0.600. The summed E-state index contributed by atoms with van der Waals surface area (Å²) >= 11 is 0. The van der Waals surface area contributed by atoms with Crippen molar-refractivity contribution >= 4 is 13.8 Å². The molecule has 4 atom stereocenters. The van der Waals surface area contributed by atoms with Crippen LogP contribution in [0.15, 0.2) is 11.0 Å². The lowest BCUT2D eigenvalue weighted by atomic mass is 10.1. The van der Waals surface area contributed by atoms with E-state index < -0.39 is 44.5 Å². The summed E-state index contributed by atoms with van der Waals surface area (Å²) in [4.78, 5) is 32.3. The molecule has 6 N–H and O–H groups in total.